The molecule has 1 atom stereocenters. The first kappa shape index (κ1) is 15.8. The highest BCUT2D eigenvalue weighted by Crippen LogP contribution is 2.24. The number of esters is 1. The van der Waals surface area contributed by atoms with Crippen LogP contribution in [-0.2, 0) is 20.7 Å². The van der Waals surface area contributed by atoms with Crippen LogP contribution in [0, 0.1) is 0 Å². The molecule has 0 radical (unpaired) electrons. The second-order valence-electron chi connectivity index (χ2n) is 4.17. The second kappa shape index (κ2) is 7.37. The van der Waals surface area contributed by atoms with Crippen molar-refractivity contribution >= 4 is 11.9 Å². The van der Waals surface area contributed by atoms with E-state index in [4.69, 9.17) is 9.47 Å². The van der Waals surface area contributed by atoms with Gasteiger partial charge in [0.15, 0.2) is 0 Å². The first-order valence-corrected chi connectivity index (χ1v) is 6.10. The van der Waals surface area contributed by atoms with Gasteiger partial charge in [0.1, 0.15) is 17.5 Å². The number of hydrogen-bond donors (Lipinski definition) is 1. The molecular formula is C14H19NO5. The molecule has 20 heavy (non-hydrogen) atoms. The zero-order chi connectivity index (χ0) is 15.1. The average molecular weight is 281 g/mol. The second-order valence-corrected chi connectivity index (χ2v) is 4.17. The van der Waals surface area contributed by atoms with Crippen LogP contribution in [0.25, 0.3) is 0 Å². The largest absolute Gasteiger partial charge is 0.497 e. The zero-order valence-electron chi connectivity index (χ0n) is 12.1. The van der Waals surface area contributed by atoms with Crippen LogP contribution >= 0.6 is 0 Å². The van der Waals surface area contributed by atoms with Gasteiger partial charge in [-0.2, -0.15) is 0 Å². The van der Waals surface area contributed by atoms with Gasteiger partial charge in [0.05, 0.1) is 27.8 Å². The van der Waals surface area contributed by atoms with Crippen LogP contribution in [-0.4, -0.2) is 39.2 Å². The summed E-state index contributed by atoms with van der Waals surface area (Å²) in [6, 6.07) is 4.51. The standard InChI is InChI=1S/C14H19NO5/c1-9(14(17)20-4)15-13(16)7-10-5-6-11(18-2)8-12(10)19-3/h5-6,8-9H,7H2,1-4H3,(H,15,16). The molecule has 1 aromatic carbocycles. The number of nitrogens with one attached hydrogen (secondary N) is 1. The average Bonchev–Trinajstić information content (AvgIpc) is 2.46. The number of ether oxygens (including phenoxy) is 3. The third kappa shape index (κ3) is 4.15. The highest BCUT2D eigenvalue weighted by Gasteiger charge is 2.17. The van der Waals surface area contributed by atoms with Gasteiger partial charge in [-0.3, -0.25) is 4.79 Å². The summed E-state index contributed by atoms with van der Waals surface area (Å²) in [5.41, 5.74) is 0.711. The molecule has 110 valence electrons. The summed E-state index contributed by atoms with van der Waals surface area (Å²) >= 11 is 0. The number of hydrogen-bond acceptors (Lipinski definition) is 5. The molecule has 1 rings (SSSR count). The molecule has 0 aliphatic rings. The molecule has 1 aromatic rings. The molecule has 0 bridgehead atoms. The van der Waals surface area contributed by atoms with E-state index in [-0.39, 0.29) is 12.3 Å². The Morgan fingerprint density at radius 3 is 2.45 bits per heavy atom. The topological polar surface area (TPSA) is 73.9 Å². The Morgan fingerprint density at radius 2 is 1.90 bits per heavy atom. The Labute approximate surface area is 118 Å². The summed E-state index contributed by atoms with van der Waals surface area (Å²) in [7, 11) is 4.35. The number of methoxy groups -OCH3 is 3. The number of carbonyl (C=O) groups is 2. The predicted molar refractivity (Wildman–Crippen MR) is 72.9 cm³/mol. The van der Waals surface area contributed by atoms with Crippen molar-refractivity contribution in [3.05, 3.63) is 23.8 Å². The van der Waals surface area contributed by atoms with Gasteiger partial charge in [-0.15, -0.1) is 0 Å². The minimum Gasteiger partial charge on any atom is -0.497 e. The van der Waals surface area contributed by atoms with Gasteiger partial charge in [-0.25, -0.2) is 4.79 Å². The van der Waals surface area contributed by atoms with E-state index in [9.17, 15) is 9.59 Å². The minimum absolute atomic E-state index is 0.106. The van der Waals surface area contributed by atoms with Crippen molar-refractivity contribution in [1.29, 1.82) is 0 Å². The van der Waals surface area contributed by atoms with E-state index in [2.05, 4.69) is 10.1 Å². The summed E-state index contributed by atoms with van der Waals surface area (Å²) in [5.74, 6) is 0.436. The highest BCUT2D eigenvalue weighted by atomic mass is 16.5. The fourth-order valence-corrected chi connectivity index (χ4v) is 1.70. The maximum Gasteiger partial charge on any atom is 0.328 e. The Morgan fingerprint density at radius 1 is 1.20 bits per heavy atom. The molecular weight excluding hydrogens is 262 g/mol. The fraction of sp³-hybridized carbons (Fsp3) is 0.429. The van der Waals surface area contributed by atoms with Gasteiger partial charge < -0.3 is 19.5 Å². The molecule has 0 saturated carbocycles. The number of benzene rings is 1. The van der Waals surface area contributed by atoms with Gasteiger partial charge in [0.25, 0.3) is 0 Å². The van der Waals surface area contributed by atoms with Crippen molar-refractivity contribution in [2.75, 3.05) is 21.3 Å². The summed E-state index contributed by atoms with van der Waals surface area (Å²) < 4.78 is 14.8. The lowest BCUT2D eigenvalue weighted by molar-refractivity contribution is -0.144. The molecule has 6 nitrogen and oxygen atoms in total. The van der Waals surface area contributed by atoms with Crippen LogP contribution in [0.15, 0.2) is 18.2 Å². The third-order valence-corrected chi connectivity index (χ3v) is 2.78. The molecule has 1 unspecified atom stereocenters. The van der Waals surface area contributed by atoms with Crippen molar-refractivity contribution in [3.63, 3.8) is 0 Å². The highest BCUT2D eigenvalue weighted by molar-refractivity contribution is 5.85. The van der Waals surface area contributed by atoms with E-state index >= 15 is 0 Å². The van der Waals surface area contributed by atoms with Gasteiger partial charge in [-0.05, 0) is 13.0 Å². The Hall–Kier alpha value is -2.24. The van der Waals surface area contributed by atoms with Gasteiger partial charge in [-0.1, -0.05) is 6.07 Å². The number of rotatable bonds is 6. The molecule has 0 spiro atoms. The van der Waals surface area contributed by atoms with Crippen molar-refractivity contribution in [2.24, 2.45) is 0 Å². The molecule has 0 fully saturated rings. The third-order valence-electron chi connectivity index (χ3n) is 2.78. The molecule has 0 saturated heterocycles. The first-order chi connectivity index (χ1) is 9.51. The fourth-order valence-electron chi connectivity index (χ4n) is 1.70. The lowest BCUT2D eigenvalue weighted by Crippen LogP contribution is -2.39. The zero-order valence-corrected chi connectivity index (χ0v) is 12.1. The summed E-state index contributed by atoms with van der Waals surface area (Å²) in [6.07, 6.45) is 0.106. The lowest BCUT2D eigenvalue weighted by Gasteiger charge is -2.13. The van der Waals surface area contributed by atoms with E-state index in [0.717, 1.165) is 0 Å². The van der Waals surface area contributed by atoms with E-state index in [1.807, 2.05) is 0 Å². The molecule has 0 aromatic heterocycles. The summed E-state index contributed by atoms with van der Waals surface area (Å²) in [4.78, 5) is 23.1. The molecule has 1 amide bonds. The van der Waals surface area contributed by atoms with E-state index in [1.165, 1.54) is 14.2 Å². The SMILES string of the molecule is COC(=O)C(C)NC(=O)Cc1ccc(OC)cc1OC. The minimum atomic E-state index is -0.684. The molecule has 0 heterocycles. The van der Waals surface area contributed by atoms with Crippen LogP contribution < -0.4 is 14.8 Å². The Balaban J connectivity index is 2.73. The summed E-state index contributed by atoms with van der Waals surface area (Å²) in [6.45, 7) is 1.56. The normalized spacial score (nSPS) is 11.4. The number of carbonyl (C=O) groups excluding carboxylic acids is 2. The monoisotopic (exact) mass is 281 g/mol. The van der Waals surface area contributed by atoms with Gasteiger partial charge >= 0.3 is 5.97 Å². The van der Waals surface area contributed by atoms with E-state index in [1.54, 1.807) is 32.2 Å². The van der Waals surface area contributed by atoms with Crippen LogP contribution in [0.3, 0.4) is 0 Å². The Bertz CT molecular complexity index is 486. The van der Waals surface area contributed by atoms with Crippen molar-refractivity contribution in [3.8, 4) is 11.5 Å². The maximum absolute atomic E-state index is 11.9. The predicted octanol–water partition coefficient (Wildman–Crippen LogP) is 0.924. The van der Waals surface area contributed by atoms with Crippen LogP contribution in [0.4, 0.5) is 0 Å². The van der Waals surface area contributed by atoms with Crippen LogP contribution in [0.2, 0.25) is 0 Å². The van der Waals surface area contributed by atoms with Crippen molar-refractivity contribution in [2.45, 2.75) is 19.4 Å². The molecule has 0 aliphatic carbocycles. The quantitative estimate of drug-likeness (QED) is 0.785. The van der Waals surface area contributed by atoms with E-state index < -0.39 is 12.0 Å². The van der Waals surface area contributed by atoms with E-state index in [0.29, 0.717) is 17.1 Å². The van der Waals surface area contributed by atoms with Crippen LogP contribution in [0.5, 0.6) is 11.5 Å². The van der Waals surface area contributed by atoms with Crippen molar-refractivity contribution in [1.82, 2.24) is 5.32 Å². The smallest absolute Gasteiger partial charge is 0.328 e. The van der Waals surface area contributed by atoms with Gasteiger partial charge in [0, 0.05) is 11.6 Å². The first-order valence-electron chi connectivity index (χ1n) is 6.10. The van der Waals surface area contributed by atoms with Gasteiger partial charge in [0.2, 0.25) is 5.91 Å². The Kier molecular flexibility index (Phi) is 5.83. The van der Waals surface area contributed by atoms with Crippen LogP contribution in [0.1, 0.15) is 12.5 Å². The molecule has 6 heteroatoms. The van der Waals surface area contributed by atoms with Crippen molar-refractivity contribution < 1.29 is 23.8 Å². The molecule has 0 aliphatic heterocycles. The maximum atomic E-state index is 11.9. The summed E-state index contributed by atoms with van der Waals surface area (Å²) in [5, 5.41) is 2.56. The molecule has 1 N–H and O–H groups in total. The lowest BCUT2D eigenvalue weighted by atomic mass is 10.1. The number of amides is 1.